The third-order valence-electron chi connectivity index (χ3n) is 10.6. The van der Waals surface area contributed by atoms with Crippen LogP contribution in [0, 0.1) is 0 Å². The van der Waals surface area contributed by atoms with E-state index in [1.54, 1.807) is 0 Å². The van der Waals surface area contributed by atoms with Crippen LogP contribution < -0.4 is 5.73 Å². The molecule has 61 heavy (non-hydrogen) atoms. The van der Waals surface area contributed by atoms with Crippen LogP contribution in [0.2, 0.25) is 0 Å². The summed E-state index contributed by atoms with van der Waals surface area (Å²) in [6, 6.07) is -1.47. The number of nitrogens with two attached hydrogens (primary N) is 1. The molecule has 0 aromatic heterocycles. The molecule has 0 spiro atoms. The van der Waals surface area contributed by atoms with Gasteiger partial charge in [0.2, 0.25) is 0 Å². The smallest absolute Gasteiger partial charge is 0.472 e. The van der Waals surface area contributed by atoms with Crippen LogP contribution in [0.3, 0.4) is 0 Å². The van der Waals surface area contributed by atoms with Crippen LogP contribution in [-0.4, -0.2) is 60.5 Å². The molecule has 0 aromatic carbocycles. The molecule has 0 amide bonds. The van der Waals surface area contributed by atoms with Crippen molar-refractivity contribution in [1.29, 1.82) is 0 Å². The molecule has 356 valence electrons. The Hall–Kier alpha value is -2.07. The normalized spacial score (nSPS) is 14.2. The van der Waals surface area contributed by atoms with Gasteiger partial charge in [-0.05, 0) is 51.4 Å². The minimum Gasteiger partial charge on any atom is -0.480 e. The monoisotopic (exact) mass is 882 g/mol. The maximum atomic E-state index is 12.7. The van der Waals surface area contributed by atoms with Crippen molar-refractivity contribution in [3.05, 3.63) is 48.6 Å². The fourth-order valence-electron chi connectivity index (χ4n) is 6.83. The molecule has 0 aromatic rings. The van der Waals surface area contributed by atoms with E-state index in [1.807, 2.05) is 0 Å². The van der Waals surface area contributed by atoms with Crippen LogP contribution in [0.1, 0.15) is 219 Å². The molecular formula is C50H92NO9P. The highest BCUT2D eigenvalue weighted by Crippen LogP contribution is 2.43. The molecule has 0 heterocycles. The fraction of sp³-hybridized carbons (Fsp3) is 0.800. The van der Waals surface area contributed by atoms with Gasteiger partial charge in [-0.2, -0.15) is 0 Å². The zero-order chi connectivity index (χ0) is 44.8. The lowest BCUT2D eigenvalue weighted by atomic mass is 10.0. The fourth-order valence-corrected chi connectivity index (χ4v) is 7.61. The van der Waals surface area contributed by atoms with Crippen molar-refractivity contribution in [2.75, 3.05) is 26.4 Å². The number of phosphoric acid groups is 1. The standard InChI is InChI=1S/C50H92NO9P/c1-3-5-7-9-11-13-15-17-19-21-23-24-25-26-28-30-32-34-36-38-40-42-49(52)60-47(45-58-61(55,56)59-46-48(51)50(53)54)44-57-43-41-39-37-35-33-31-29-27-22-20-18-16-14-12-10-8-6-4-2/h5,7,11,13,17,19,23-24,47-48H,3-4,6,8-10,12,14-16,18,20-22,25-46,51H2,1-2H3,(H,53,54)(H,55,56)/b7-5-,13-11-,19-17-,24-23-. The molecular weight excluding hydrogens is 790 g/mol. The summed E-state index contributed by atoms with van der Waals surface area (Å²) >= 11 is 0. The van der Waals surface area contributed by atoms with E-state index >= 15 is 0 Å². The summed E-state index contributed by atoms with van der Waals surface area (Å²) < 4.78 is 33.5. The van der Waals surface area contributed by atoms with E-state index in [9.17, 15) is 19.0 Å². The zero-order valence-corrected chi connectivity index (χ0v) is 39.9. The van der Waals surface area contributed by atoms with Gasteiger partial charge in [-0.1, -0.05) is 210 Å². The summed E-state index contributed by atoms with van der Waals surface area (Å²) in [5, 5.41) is 8.92. The summed E-state index contributed by atoms with van der Waals surface area (Å²) in [5.74, 6) is -1.78. The second kappa shape index (κ2) is 45.9. The van der Waals surface area contributed by atoms with E-state index < -0.39 is 45.1 Å². The Morgan fingerprint density at radius 1 is 0.541 bits per heavy atom. The van der Waals surface area contributed by atoms with E-state index in [1.165, 1.54) is 122 Å². The molecule has 0 saturated heterocycles. The van der Waals surface area contributed by atoms with Crippen LogP contribution in [0.15, 0.2) is 48.6 Å². The van der Waals surface area contributed by atoms with Crippen LogP contribution in [0.4, 0.5) is 0 Å². The second-order valence-corrected chi connectivity index (χ2v) is 18.0. The number of aliphatic carboxylic acids is 1. The van der Waals surface area contributed by atoms with Crippen molar-refractivity contribution in [3.63, 3.8) is 0 Å². The molecule has 10 nitrogen and oxygen atoms in total. The van der Waals surface area contributed by atoms with Gasteiger partial charge in [0.25, 0.3) is 0 Å². The first kappa shape index (κ1) is 58.9. The Bertz CT molecular complexity index is 1160. The topological polar surface area (TPSA) is 155 Å². The number of allylic oxidation sites excluding steroid dienone is 8. The zero-order valence-electron chi connectivity index (χ0n) is 39.0. The number of carbonyl (C=O) groups is 2. The van der Waals surface area contributed by atoms with Crippen molar-refractivity contribution in [2.45, 2.75) is 231 Å². The van der Waals surface area contributed by atoms with Gasteiger partial charge in [-0.25, -0.2) is 4.57 Å². The highest BCUT2D eigenvalue weighted by Gasteiger charge is 2.27. The Labute approximate surface area is 373 Å². The van der Waals surface area contributed by atoms with Gasteiger partial charge in [0.15, 0.2) is 0 Å². The first-order valence-electron chi connectivity index (χ1n) is 24.7. The largest absolute Gasteiger partial charge is 0.480 e. The predicted molar refractivity (Wildman–Crippen MR) is 254 cm³/mol. The quantitative estimate of drug-likeness (QED) is 0.0233. The van der Waals surface area contributed by atoms with Crippen LogP contribution >= 0.6 is 7.82 Å². The van der Waals surface area contributed by atoms with Gasteiger partial charge in [-0.3, -0.25) is 18.6 Å². The number of carboxylic acids is 1. The maximum Gasteiger partial charge on any atom is 0.472 e. The Morgan fingerprint density at radius 2 is 0.951 bits per heavy atom. The number of hydrogen-bond acceptors (Lipinski definition) is 8. The minimum atomic E-state index is -4.62. The molecule has 11 heteroatoms. The minimum absolute atomic E-state index is 0.0155. The highest BCUT2D eigenvalue weighted by atomic mass is 31.2. The maximum absolute atomic E-state index is 12.7. The average molecular weight is 882 g/mol. The van der Waals surface area contributed by atoms with Gasteiger partial charge in [-0.15, -0.1) is 0 Å². The van der Waals surface area contributed by atoms with Gasteiger partial charge in [0.05, 0.1) is 19.8 Å². The third kappa shape index (κ3) is 45.8. The molecule has 0 bridgehead atoms. The highest BCUT2D eigenvalue weighted by molar-refractivity contribution is 7.47. The van der Waals surface area contributed by atoms with E-state index in [2.05, 4.69) is 62.5 Å². The van der Waals surface area contributed by atoms with Crippen LogP contribution in [0.5, 0.6) is 0 Å². The number of unbranched alkanes of at least 4 members (excludes halogenated alkanes) is 25. The van der Waals surface area contributed by atoms with Crippen molar-refractivity contribution < 1.29 is 42.7 Å². The first-order chi connectivity index (χ1) is 29.7. The number of esters is 1. The molecule has 0 radical (unpaired) electrons. The third-order valence-corrected chi connectivity index (χ3v) is 11.6. The lowest BCUT2D eigenvalue weighted by molar-refractivity contribution is -0.154. The summed E-state index contributed by atoms with van der Waals surface area (Å²) in [6.07, 6.45) is 54.5. The number of carboxylic acid groups (broad SMARTS) is 1. The van der Waals surface area contributed by atoms with E-state index in [4.69, 9.17) is 29.4 Å². The number of rotatable bonds is 47. The second-order valence-electron chi connectivity index (χ2n) is 16.6. The lowest BCUT2D eigenvalue weighted by Crippen LogP contribution is -2.34. The van der Waals surface area contributed by atoms with E-state index in [-0.39, 0.29) is 13.0 Å². The molecule has 4 N–H and O–H groups in total. The number of phosphoric ester groups is 1. The molecule has 0 aliphatic carbocycles. The summed E-state index contributed by atoms with van der Waals surface area (Å²) in [4.78, 5) is 33.7. The van der Waals surface area contributed by atoms with Gasteiger partial charge >= 0.3 is 19.8 Å². The number of ether oxygens (including phenoxy) is 2. The molecule has 3 atom stereocenters. The molecule has 0 aliphatic heterocycles. The molecule has 3 unspecified atom stereocenters. The number of carbonyl (C=O) groups excluding carboxylic acids is 1. The van der Waals surface area contributed by atoms with Crippen molar-refractivity contribution in [2.24, 2.45) is 5.73 Å². The predicted octanol–water partition coefficient (Wildman–Crippen LogP) is 14.2. The summed E-state index contributed by atoms with van der Waals surface area (Å²) in [7, 11) is -4.62. The van der Waals surface area contributed by atoms with E-state index in [0.717, 1.165) is 70.6 Å². The summed E-state index contributed by atoms with van der Waals surface area (Å²) in [6.45, 7) is 3.79. The van der Waals surface area contributed by atoms with Crippen LogP contribution in [0.25, 0.3) is 0 Å². The van der Waals surface area contributed by atoms with Crippen LogP contribution in [-0.2, 0) is 32.7 Å². The van der Waals surface area contributed by atoms with Crippen molar-refractivity contribution >= 4 is 19.8 Å². The van der Waals surface area contributed by atoms with Gasteiger partial charge < -0.3 is 25.2 Å². The Balaban J connectivity index is 4.17. The lowest BCUT2D eigenvalue weighted by Gasteiger charge is -2.20. The Kier molecular flexibility index (Phi) is 44.4. The SMILES string of the molecule is CC/C=C\C/C=C\C/C=C\C/C=C\CCCCCCCCCCC(=O)OC(COCCCCCCCCCCCCCCCCCCCC)COP(=O)(O)OCC(N)C(=O)O. The molecule has 0 aliphatic rings. The molecule has 0 fully saturated rings. The summed E-state index contributed by atoms with van der Waals surface area (Å²) in [5.41, 5.74) is 5.37. The van der Waals surface area contributed by atoms with Gasteiger partial charge in [0.1, 0.15) is 12.1 Å². The van der Waals surface area contributed by atoms with Crippen molar-refractivity contribution in [3.8, 4) is 0 Å². The average Bonchev–Trinajstić information content (AvgIpc) is 3.24. The number of hydrogen-bond donors (Lipinski definition) is 3. The molecule has 0 rings (SSSR count). The van der Waals surface area contributed by atoms with Gasteiger partial charge in [0, 0.05) is 13.0 Å². The first-order valence-corrected chi connectivity index (χ1v) is 26.2. The van der Waals surface area contributed by atoms with Crippen molar-refractivity contribution in [1.82, 2.24) is 0 Å². The van der Waals surface area contributed by atoms with E-state index in [0.29, 0.717) is 13.0 Å². The molecule has 0 saturated carbocycles. The Morgan fingerprint density at radius 3 is 1.43 bits per heavy atom.